The van der Waals surface area contributed by atoms with Gasteiger partial charge in [0.15, 0.2) is 0 Å². The molecule has 1 unspecified atom stereocenters. The van der Waals surface area contributed by atoms with E-state index in [1.54, 1.807) is 19.3 Å². The van der Waals surface area contributed by atoms with Gasteiger partial charge in [0.1, 0.15) is 58.0 Å². The predicted molar refractivity (Wildman–Crippen MR) is 360 cm³/mol. The van der Waals surface area contributed by atoms with Crippen LogP contribution in [0.25, 0.3) is 11.1 Å². The number of nitrogens with zero attached hydrogens (tertiary/aromatic N) is 9. The fraction of sp³-hybridized carbons (Fsp3) is 0.458. The van der Waals surface area contributed by atoms with E-state index < -0.39 is 5.60 Å². The standard InChI is InChI=1S/C27H31N5O.C23H31N5O.C22H29N5O2/c1-27(2)16-23(11-12-24(27)33)31-25-22(17-28)18-30-26(32-25)29-14-13-19-7-6-10-21(15-19)20-8-4-3-5-9-20;1-16-4-9-20(12-23(16,2)3)27-21-19(13-24)14-26-22(28-21)25-11-10-17-5-7-18(15-29)8-6-17;1-21(2)11-17(9-10-18(21)28)26-19-15(12-23)13-24-20(27-19)25-14-22(3,29)16-7-5-4-6-8-16/h3-10,15,18,23-24,33H,11-14,16H2,1-2H3,(H2,29,30,31,32);5-8,14,16,20,29H,4,9-12,15H2,1-3H3,(H2,25,26,27,28);4-8,13,17-18,28-29H,9-11,14H2,1-3H3,(H2,24,25,26,27)/t23-,24+;16-,20+;17-,18+,22?/m101/s1. The molecule has 91 heavy (non-hydrogen) atoms. The molecule has 0 bridgehead atoms. The lowest BCUT2D eigenvalue weighted by molar-refractivity contribution is 0.00924. The molecule has 3 aliphatic carbocycles. The Morgan fingerprint density at radius 3 is 1.37 bits per heavy atom. The Bertz CT molecular complexity index is 3600. The first-order valence-corrected chi connectivity index (χ1v) is 31.9. The maximum atomic E-state index is 10.8. The number of hydrogen-bond acceptors (Lipinski definition) is 19. The Morgan fingerprint density at radius 2 is 0.923 bits per heavy atom. The summed E-state index contributed by atoms with van der Waals surface area (Å²) in [7, 11) is 0. The molecular formula is C72H91N15O4. The average molecular weight is 1230 g/mol. The molecule has 7 aromatic rings. The molecule has 0 aliphatic heterocycles. The van der Waals surface area contributed by atoms with E-state index in [1.807, 2.05) is 72.8 Å². The number of aliphatic hydroxyl groups is 4. The van der Waals surface area contributed by atoms with Crippen LogP contribution < -0.4 is 31.9 Å². The highest BCUT2D eigenvalue weighted by Crippen LogP contribution is 2.42. The predicted octanol–water partition coefficient (Wildman–Crippen LogP) is 12.2. The number of rotatable bonds is 20. The van der Waals surface area contributed by atoms with Gasteiger partial charge < -0.3 is 52.3 Å². The van der Waals surface area contributed by atoms with E-state index in [4.69, 9.17) is 5.11 Å². The minimum absolute atomic E-state index is 0.0600. The zero-order valence-corrected chi connectivity index (χ0v) is 54.0. The van der Waals surface area contributed by atoms with Crippen LogP contribution in [0.4, 0.5) is 35.3 Å². The number of benzene rings is 4. The van der Waals surface area contributed by atoms with Crippen molar-refractivity contribution in [1.29, 1.82) is 15.8 Å². The molecule has 4 aromatic carbocycles. The maximum Gasteiger partial charge on any atom is 0.224 e. The van der Waals surface area contributed by atoms with Gasteiger partial charge in [-0.1, -0.05) is 158 Å². The summed E-state index contributed by atoms with van der Waals surface area (Å²) in [5.41, 5.74) is 6.65. The van der Waals surface area contributed by atoms with Crippen molar-refractivity contribution in [3.63, 3.8) is 0 Å². The van der Waals surface area contributed by atoms with Crippen LogP contribution in [-0.2, 0) is 25.0 Å². The minimum atomic E-state index is -1.09. The molecule has 3 aliphatic rings. The van der Waals surface area contributed by atoms with Crippen LogP contribution in [0, 0.1) is 56.2 Å². The van der Waals surface area contributed by atoms with E-state index in [0.29, 0.717) is 83.5 Å². The SMILES string of the molecule is CC(O)(CNc1ncc(C#N)c(N[C@@H]2CC[C@H](O)C(C)(C)C2)n1)c1ccccc1.CC1(C)C[C@H](Nc2nc(NCCc3cccc(-c4ccccc4)c3)ncc2C#N)CC[C@@H]1O.C[C@H]1CC[C@@H](Nc2nc(NCCc3ccc(CO)cc3)ncc2C#N)CC1(C)C. The van der Waals surface area contributed by atoms with Gasteiger partial charge in [0.2, 0.25) is 17.8 Å². The summed E-state index contributed by atoms with van der Waals surface area (Å²) in [6.45, 7) is 18.6. The summed E-state index contributed by atoms with van der Waals surface area (Å²) in [6.07, 6.45) is 13.7. The highest BCUT2D eigenvalue weighted by atomic mass is 16.3. The van der Waals surface area contributed by atoms with Gasteiger partial charge in [-0.3, -0.25) is 0 Å². The zero-order valence-electron chi connectivity index (χ0n) is 54.0. The van der Waals surface area contributed by atoms with Gasteiger partial charge in [-0.05, 0) is 133 Å². The van der Waals surface area contributed by atoms with Crippen molar-refractivity contribution < 1.29 is 20.4 Å². The minimum Gasteiger partial charge on any atom is -0.393 e. The Morgan fingerprint density at radius 1 is 0.505 bits per heavy atom. The molecule has 478 valence electrons. The average Bonchev–Trinajstić information content (AvgIpc) is 0.983. The number of aromatic nitrogens is 6. The molecule has 0 amide bonds. The fourth-order valence-electron chi connectivity index (χ4n) is 12.1. The number of nitriles is 3. The molecule has 19 heteroatoms. The molecule has 10 rings (SSSR count). The third-order valence-corrected chi connectivity index (χ3v) is 18.4. The number of hydrogen-bond donors (Lipinski definition) is 10. The second kappa shape index (κ2) is 31.3. The van der Waals surface area contributed by atoms with Crippen molar-refractivity contribution in [1.82, 2.24) is 29.9 Å². The van der Waals surface area contributed by atoms with Gasteiger partial charge in [0.25, 0.3) is 0 Å². The van der Waals surface area contributed by atoms with E-state index in [9.17, 15) is 31.1 Å². The topological polar surface area (TPSA) is 302 Å². The molecule has 7 atom stereocenters. The van der Waals surface area contributed by atoms with Gasteiger partial charge in [0, 0.05) is 31.2 Å². The number of anilines is 6. The van der Waals surface area contributed by atoms with Crippen molar-refractivity contribution in [2.75, 3.05) is 51.5 Å². The molecule has 0 radical (unpaired) electrons. The van der Waals surface area contributed by atoms with Crippen LogP contribution in [0.15, 0.2) is 128 Å². The molecule has 3 heterocycles. The Kier molecular flexibility index (Phi) is 23.4. The van der Waals surface area contributed by atoms with Crippen molar-refractivity contribution in [2.45, 2.75) is 169 Å². The lowest BCUT2D eigenvalue weighted by Crippen LogP contribution is -2.41. The summed E-state index contributed by atoms with van der Waals surface area (Å²) < 4.78 is 0. The lowest BCUT2D eigenvalue weighted by Gasteiger charge is -2.41. The van der Waals surface area contributed by atoms with E-state index >= 15 is 0 Å². The highest BCUT2D eigenvalue weighted by molar-refractivity contribution is 5.64. The summed E-state index contributed by atoms with van der Waals surface area (Å²) in [5.74, 6) is 3.73. The largest absolute Gasteiger partial charge is 0.393 e. The number of aliphatic hydroxyl groups excluding tert-OH is 3. The van der Waals surface area contributed by atoms with Crippen molar-refractivity contribution >= 4 is 35.3 Å². The van der Waals surface area contributed by atoms with Crippen molar-refractivity contribution in [2.24, 2.45) is 22.2 Å². The first kappa shape index (κ1) is 68.1. The van der Waals surface area contributed by atoms with Crippen LogP contribution in [0.3, 0.4) is 0 Å². The highest BCUT2D eigenvalue weighted by Gasteiger charge is 2.38. The first-order chi connectivity index (χ1) is 43.6. The Hall–Kier alpha value is -8.77. The van der Waals surface area contributed by atoms with E-state index in [1.165, 1.54) is 34.9 Å². The Balaban J connectivity index is 0.000000176. The summed E-state index contributed by atoms with van der Waals surface area (Å²) in [5, 5.41) is 88.5. The monoisotopic (exact) mass is 1230 g/mol. The van der Waals surface area contributed by atoms with Gasteiger partial charge in [-0.15, -0.1) is 0 Å². The lowest BCUT2D eigenvalue weighted by atomic mass is 9.68. The molecular weight excluding hydrogens is 1140 g/mol. The van der Waals surface area contributed by atoms with Crippen molar-refractivity contribution in [3.05, 3.63) is 167 Å². The van der Waals surface area contributed by atoms with Gasteiger partial charge in [-0.2, -0.15) is 30.7 Å². The molecule has 0 saturated heterocycles. The third-order valence-electron chi connectivity index (χ3n) is 18.4. The van der Waals surface area contributed by atoms with Crippen LogP contribution >= 0.6 is 0 Å². The molecule has 0 spiro atoms. The zero-order chi connectivity index (χ0) is 65.2. The van der Waals surface area contributed by atoms with Gasteiger partial charge in [0.05, 0.1) is 44.0 Å². The molecule has 3 saturated carbocycles. The molecule has 3 fully saturated rings. The van der Waals surface area contributed by atoms with Crippen LogP contribution in [0.2, 0.25) is 0 Å². The fourth-order valence-corrected chi connectivity index (χ4v) is 12.1. The smallest absolute Gasteiger partial charge is 0.224 e. The van der Waals surface area contributed by atoms with Gasteiger partial charge in [-0.25, -0.2) is 15.0 Å². The van der Waals surface area contributed by atoms with Crippen LogP contribution in [0.1, 0.15) is 152 Å². The maximum absolute atomic E-state index is 10.8. The molecule has 10 N–H and O–H groups in total. The Labute approximate surface area is 537 Å². The van der Waals surface area contributed by atoms with Crippen LogP contribution in [-0.4, -0.2) is 100 Å². The normalized spacial score (nSPS) is 20.9. The quantitative estimate of drug-likeness (QED) is 0.0339. The van der Waals surface area contributed by atoms with Crippen molar-refractivity contribution in [3.8, 4) is 29.3 Å². The second-order valence-electron chi connectivity index (χ2n) is 26.9. The van der Waals surface area contributed by atoms with E-state index in [0.717, 1.165) is 68.9 Å². The summed E-state index contributed by atoms with van der Waals surface area (Å²) in [4.78, 5) is 26.4. The summed E-state index contributed by atoms with van der Waals surface area (Å²) in [6, 6.07) is 43.3. The van der Waals surface area contributed by atoms with Crippen LogP contribution in [0.5, 0.6) is 0 Å². The second-order valence-corrected chi connectivity index (χ2v) is 26.9. The van der Waals surface area contributed by atoms with Gasteiger partial charge >= 0.3 is 0 Å². The number of nitrogens with one attached hydrogen (secondary N) is 6. The first-order valence-electron chi connectivity index (χ1n) is 31.9. The van der Waals surface area contributed by atoms with E-state index in [-0.39, 0.29) is 53.7 Å². The molecule has 3 aromatic heterocycles. The third kappa shape index (κ3) is 19.4. The van der Waals surface area contributed by atoms with E-state index in [2.05, 4.69) is 165 Å². The molecule has 19 nitrogen and oxygen atoms in total. The summed E-state index contributed by atoms with van der Waals surface area (Å²) >= 11 is 0.